The summed E-state index contributed by atoms with van der Waals surface area (Å²) in [6.45, 7) is 0. The predicted molar refractivity (Wildman–Crippen MR) is 61.5 cm³/mol. The second-order valence-electron chi connectivity index (χ2n) is 5.38. The number of hydrogen-bond acceptors (Lipinski definition) is 1. The van der Waals surface area contributed by atoms with Crippen LogP contribution in [-0.2, 0) is 11.2 Å². The van der Waals surface area contributed by atoms with Gasteiger partial charge in [0.15, 0.2) is 0 Å². The van der Waals surface area contributed by atoms with Crippen LogP contribution >= 0.6 is 11.6 Å². The van der Waals surface area contributed by atoms with Crippen molar-refractivity contribution in [3.05, 3.63) is 34.9 Å². The van der Waals surface area contributed by atoms with Gasteiger partial charge in [-0.05, 0) is 42.7 Å². The molecule has 0 heterocycles. The summed E-state index contributed by atoms with van der Waals surface area (Å²) in [5, 5.41) is 9.84. The Bertz CT molecular complexity index is 447. The number of aliphatic carboxylic acids is 1. The minimum atomic E-state index is -0.617. The first-order valence-corrected chi connectivity index (χ1v) is 5.90. The molecule has 2 bridgehead atoms. The highest BCUT2D eigenvalue weighted by molar-refractivity contribution is 6.31. The molecule has 0 aromatic heterocycles. The van der Waals surface area contributed by atoms with E-state index < -0.39 is 5.97 Å². The third-order valence-electron chi connectivity index (χ3n) is 4.12. The van der Waals surface area contributed by atoms with E-state index in [9.17, 15) is 4.79 Å². The molecule has 1 aromatic carbocycles. The van der Waals surface area contributed by atoms with Crippen LogP contribution in [0.3, 0.4) is 0 Å². The van der Waals surface area contributed by atoms with Crippen molar-refractivity contribution in [3.63, 3.8) is 0 Å². The molecule has 0 atom stereocenters. The van der Waals surface area contributed by atoms with Gasteiger partial charge in [0.1, 0.15) is 0 Å². The van der Waals surface area contributed by atoms with Gasteiger partial charge in [0, 0.05) is 5.02 Å². The van der Waals surface area contributed by atoms with E-state index in [1.165, 1.54) is 0 Å². The van der Waals surface area contributed by atoms with Gasteiger partial charge in [0.05, 0.1) is 5.41 Å². The van der Waals surface area contributed by atoms with Crippen LogP contribution in [0, 0.1) is 10.8 Å². The Hall–Kier alpha value is -1.02. The van der Waals surface area contributed by atoms with Crippen molar-refractivity contribution in [1.82, 2.24) is 0 Å². The summed E-state index contributed by atoms with van der Waals surface area (Å²) in [5.74, 6) is -0.617. The van der Waals surface area contributed by atoms with Gasteiger partial charge >= 0.3 is 5.97 Å². The first-order valence-electron chi connectivity index (χ1n) is 5.52. The summed E-state index contributed by atoms with van der Waals surface area (Å²) >= 11 is 6.11. The van der Waals surface area contributed by atoms with Gasteiger partial charge in [-0.3, -0.25) is 4.79 Å². The molecule has 84 valence electrons. The normalized spacial score (nSPS) is 35.1. The molecule has 1 aromatic rings. The molecule has 0 amide bonds. The number of carboxylic acid groups (broad SMARTS) is 1. The zero-order valence-corrected chi connectivity index (χ0v) is 9.63. The van der Waals surface area contributed by atoms with Crippen LogP contribution in [-0.4, -0.2) is 11.1 Å². The highest BCUT2D eigenvalue weighted by Gasteiger charge is 2.71. The van der Waals surface area contributed by atoms with E-state index in [1.54, 1.807) is 0 Å². The predicted octanol–water partition coefficient (Wildman–Crippen LogP) is 3.14. The lowest BCUT2D eigenvalue weighted by Gasteiger charge is -2.68. The number of benzene rings is 1. The van der Waals surface area contributed by atoms with Gasteiger partial charge in [-0.2, -0.15) is 0 Å². The number of carbonyl (C=O) groups is 1. The van der Waals surface area contributed by atoms with E-state index in [2.05, 4.69) is 0 Å². The van der Waals surface area contributed by atoms with Crippen molar-refractivity contribution < 1.29 is 9.90 Å². The van der Waals surface area contributed by atoms with Crippen molar-refractivity contribution >= 4 is 17.6 Å². The van der Waals surface area contributed by atoms with Crippen LogP contribution in [0.25, 0.3) is 0 Å². The van der Waals surface area contributed by atoms with E-state index in [0.717, 1.165) is 36.3 Å². The summed E-state index contributed by atoms with van der Waals surface area (Å²) < 4.78 is 0. The second kappa shape index (κ2) is 3.01. The Morgan fingerprint density at radius 3 is 2.50 bits per heavy atom. The number of rotatable bonds is 3. The Labute approximate surface area is 99.2 Å². The summed E-state index contributed by atoms with van der Waals surface area (Å²) in [6.07, 6.45) is 3.43. The Kier molecular flexibility index (Phi) is 1.91. The number of hydrogen-bond donors (Lipinski definition) is 1. The molecule has 3 aliphatic carbocycles. The molecule has 0 saturated heterocycles. The average Bonchev–Trinajstić information content (AvgIpc) is 2.10. The lowest BCUT2D eigenvalue weighted by molar-refractivity contribution is -0.222. The maximum absolute atomic E-state index is 11.0. The Morgan fingerprint density at radius 1 is 1.31 bits per heavy atom. The van der Waals surface area contributed by atoms with Gasteiger partial charge < -0.3 is 5.11 Å². The van der Waals surface area contributed by atoms with Crippen molar-refractivity contribution in [2.45, 2.75) is 25.7 Å². The fourth-order valence-electron chi connectivity index (χ4n) is 3.46. The Morgan fingerprint density at radius 2 is 1.94 bits per heavy atom. The van der Waals surface area contributed by atoms with Gasteiger partial charge in [-0.25, -0.2) is 0 Å². The largest absolute Gasteiger partial charge is 0.481 e. The molecule has 2 nitrogen and oxygen atoms in total. The number of halogens is 1. The van der Waals surface area contributed by atoms with Gasteiger partial charge in [0.2, 0.25) is 0 Å². The topological polar surface area (TPSA) is 37.3 Å². The number of carboxylic acids is 1. The van der Waals surface area contributed by atoms with E-state index in [4.69, 9.17) is 16.7 Å². The quantitative estimate of drug-likeness (QED) is 0.876. The second-order valence-corrected chi connectivity index (χ2v) is 5.79. The van der Waals surface area contributed by atoms with E-state index in [0.29, 0.717) is 0 Å². The van der Waals surface area contributed by atoms with Crippen LogP contribution < -0.4 is 0 Å². The highest BCUT2D eigenvalue weighted by atomic mass is 35.5. The fourth-order valence-corrected chi connectivity index (χ4v) is 3.66. The maximum atomic E-state index is 11.0. The van der Waals surface area contributed by atoms with Crippen molar-refractivity contribution in [2.75, 3.05) is 0 Å². The van der Waals surface area contributed by atoms with Crippen LogP contribution in [0.2, 0.25) is 5.02 Å². The molecule has 3 saturated carbocycles. The molecule has 3 heteroatoms. The zero-order valence-electron chi connectivity index (χ0n) is 8.87. The third kappa shape index (κ3) is 1.23. The molecule has 3 fully saturated rings. The first-order chi connectivity index (χ1) is 7.55. The van der Waals surface area contributed by atoms with Crippen molar-refractivity contribution in [1.29, 1.82) is 0 Å². The SMILES string of the molecule is O=C(O)C12CC(Cc3ccccc3Cl)(C1)C2. The minimum Gasteiger partial charge on any atom is -0.481 e. The summed E-state index contributed by atoms with van der Waals surface area (Å²) in [7, 11) is 0. The van der Waals surface area contributed by atoms with Crippen LogP contribution in [0.1, 0.15) is 24.8 Å². The molecule has 0 aliphatic heterocycles. The lowest BCUT2D eigenvalue weighted by atomic mass is 9.34. The molecular formula is C13H13ClO2. The lowest BCUT2D eigenvalue weighted by Crippen LogP contribution is -2.66. The zero-order chi connectivity index (χ0) is 11.4. The van der Waals surface area contributed by atoms with Crippen molar-refractivity contribution in [3.8, 4) is 0 Å². The van der Waals surface area contributed by atoms with Crippen LogP contribution in [0.15, 0.2) is 24.3 Å². The molecule has 1 N–H and O–H groups in total. The molecular weight excluding hydrogens is 224 g/mol. The third-order valence-corrected chi connectivity index (χ3v) is 4.49. The van der Waals surface area contributed by atoms with Crippen LogP contribution in [0.5, 0.6) is 0 Å². The molecule has 0 radical (unpaired) electrons. The molecule has 3 aliphatic rings. The first kappa shape index (κ1) is 10.2. The van der Waals surface area contributed by atoms with Gasteiger partial charge in [-0.15, -0.1) is 0 Å². The van der Waals surface area contributed by atoms with Gasteiger partial charge in [-0.1, -0.05) is 29.8 Å². The summed E-state index contributed by atoms with van der Waals surface area (Å²) in [4.78, 5) is 11.0. The van der Waals surface area contributed by atoms with Crippen molar-refractivity contribution in [2.24, 2.45) is 10.8 Å². The highest BCUT2D eigenvalue weighted by Crippen LogP contribution is 2.74. The maximum Gasteiger partial charge on any atom is 0.309 e. The smallest absolute Gasteiger partial charge is 0.309 e. The van der Waals surface area contributed by atoms with E-state index in [1.807, 2.05) is 24.3 Å². The fraction of sp³-hybridized carbons (Fsp3) is 0.462. The standard InChI is InChI=1S/C13H13ClO2/c14-10-4-2-1-3-9(10)5-12-6-13(7-12,8-12)11(15)16/h1-4H,5-8H2,(H,15,16). The minimum absolute atomic E-state index is 0.239. The molecule has 0 unspecified atom stereocenters. The van der Waals surface area contributed by atoms with Crippen LogP contribution in [0.4, 0.5) is 0 Å². The molecule has 0 spiro atoms. The monoisotopic (exact) mass is 236 g/mol. The average molecular weight is 237 g/mol. The summed E-state index contributed by atoms with van der Waals surface area (Å²) in [6, 6.07) is 7.84. The Balaban J connectivity index is 1.72. The molecule has 4 rings (SSSR count). The van der Waals surface area contributed by atoms with E-state index >= 15 is 0 Å². The summed E-state index contributed by atoms with van der Waals surface area (Å²) in [5.41, 5.74) is 1.02. The van der Waals surface area contributed by atoms with E-state index in [-0.39, 0.29) is 10.8 Å². The molecule has 16 heavy (non-hydrogen) atoms. The van der Waals surface area contributed by atoms with Gasteiger partial charge in [0.25, 0.3) is 0 Å².